The van der Waals surface area contributed by atoms with Crippen molar-refractivity contribution in [3.8, 4) is 5.75 Å². The molecule has 3 fully saturated rings. The van der Waals surface area contributed by atoms with Gasteiger partial charge in [-0.15, -0.1) is 0 Å². The van der Waals surface area contributed by atoms with E-state index in [4.69, 9.17) is 14.2 Å². The van der Waals surface area contributed by atoms with Gasteiger partial charge in [0.25, 0.3) is 0 Å². The minimum Gasteiger partial charge on any atom is -0.495 e. The van der Waals surface area contributed by atoms with E-state index in [-0.39, 0.29) is 41.4 Å². The van der Waals surface area contributed by atoms with Crippen molar-refractivity contribution in [3.05, 3.63) is 71.4 Å². The van der Waals surface area contributed by atoms with Gasteiger partial charge in [0.15, 0.2) is 0 Å². The molecular weight excluding hydrogens is 538 g/mol. The van der Waals surface area contributed by atoms with E-state index in [1.807, 2.05) is 32.0 Å². The fourth-order valence-electron chi connectivity index (χ4n) is 6.87. The molecule has 6 nitrogen and oxygen atoms in total. The van der Waals surface area contributed by atoms with Crippen LogP contribution in [-0.4, -0.2) is 47.9 Å². The number of rotatable bonds is 4. The summed E-state index contributed by atoms with van der Waals surface area (Å²) in [5.74, 6) is -1.84. The number of likely N-dealkylation sites (tertiary alicyclic amines) is 1. The number of halogens is 2. The molecule has 8 heteroatoms. The lowest BCUT2D eigenvalue weighted by atomic mass is 9.72. The van der Waals surface area contributed by atoms with E-state index >= 15 is 0 Å². The molecule has 1 saturated carbocycles. The number of hydrogen-bond acceptors (Lipinski definition) is 6. The summed E-state index contributed by atoms with van der Waals surface area (Å²) in [5.41, 5.74) is 2.06. The fraction of sp³-hybridized carbons (Fsp3) is 0.529. The number of nitrogens with zero attached hydrogens (tertiary/aromatic N) is 2. The van der Waals surface area contributed by atoms with E-state index < -0.39 is 17.4 Å². The molecule has 3 aliphatic rings. The summed E-state index contributed by atoms with van der Waals surface area (Å²) < 4.78 is 46.5. The summed E-state index contributed by atoms with van der Waals surface area (Å²) in [6.45, 7) is 9.04. The lowest BCUT2D eigenvalue weighted by molar-refractivity contribution is -0.236. The molecule has 1 aromatic heterocycles. The van der Waals surface area contributed by atoms with Gasteiger partial charge in [-0.2, -0.15) is 0 Å². The van der Waals surface area contributed by atoms with Crippen LogP contribution in [0.5, 0.6) is 5.75 Å². The highest BCUT2D eigenvalue weighted by molar-refractivity contribution is 5.83. The SMILES string of the molecule is CC.COc1cnc2cccc(C3CCC4CCN(C5CC(c6c(F)cccc6F)C5)CC4C(=O)OC(C)(C)O3)c2c1. The molecule has 6 rings (SSSR count). The van der Waals surface area contributed by atoms with Gasteiger partial charge < -0.3 is 14.2 Å². The first-order chi connectivity index (χ1) is 20.2. The number of carbonyl (C=O) groups excluding carboxylic acids is 1. The number of piperidine rings is 1. The van der Waals surface area contributed by atoms with Gasteiger partial charge in [0.2, 0.25) is 5.79 Å². The molecule has 2 aliphatic heterocycles. The van der Waals surface area contributed by atoms with Gasteiger partial charge >= 0.3 is 5.97 Å². The zero-order chi connectivity index (χ0) is 30.0. The highest BCUT2D eigenvalue weighted by Gasteiger charge is 2.45. The summed E-state index contributed by atoms with van der Waals surface area (Å²) in [6, 6.07) is 12.2. The van der Waals surface area contributed by atoms with E-state index in [0.717, 1.165) is 42.3 Å². The number of cyclic esters (lactones) is 1. The molecule has 0 spiro atoms. The lowest BCUT2D eigenvalue weighted by Gasteiger charge is -2.48. The maximum Gasteiger partial charge on any atom is 0.313 e. The largest absolute Gasteiger partial charge is 0.495 e. The Kier molecular flexibility index (Phi) is 9.14. The van der Waals surface area contributed by atoms with Gasteiger partial charge in [0, 0.05) is 37.4 Å². The van der Waals surface area contributed by atoms with Crippen molar-refractivity contribution in [1.29, 1.82) is 0 Å². The topological polar surface area (TPSA) is 60.9 Å². The number of fused-ring (bicyclic) bond motifs is 2. The van der Waals surface area contributed by atoms with E-state index in [1.165, 1.54) is 18.2 Å². The Balaban J connectivity index is 0.00000173. The monoisotopic (exact) mass is 580 g/mol. The number of ether oxygens (including phenoxy) is 3. The van der Waals surface area contributed by atoms with Crippen LogP contribution in [0.2, 0.25) is 0 Å². The van der Waals surface area contributed by atoms with Crippen LogP contribution in [0.3, 0.4) is 0 Å². The van der Waals surface area contributed by atoms with Gasteiger partial charge in [0.1, 0.15) is 17.4 Å². The van der Waals surface area contributed by atoms with Crippen LogP contribution in [0.25, 0.3) is 10.9 Å². The lowest BCUT2D eigenvalue weighted by Crippen LogP contribution is -2.52. The Morgan fingerprint density at radius 1 is 1.02 bits per heavy atom. The number of aromatic nitrogens is 1. The summed E-state index contributed by atoms with van der Waals surface area (Å²) in [4.78, 5) is 20.4. The molecular formula is C34H42F2N2O4. The van der Waals surface area contributed by atoms with Crippen molar-refractivity contribution in [2.24, 2.45) is 11.8 Å². The maximum atomic E-state index is 14.3. The number of carbonyl (C=O) groups is 1. The fourth-order valence-corrected chi connectivity index (χ4v) is 6.87. The van der Waals surface area contributed by atoms with Crippen molar-refractivity contribution in [3.63, 3.8) is 0 Å². The average Bonchev–Trinajstić information content (AvgIpc) is 3.00. The number of hydrogen-bond donors (Lipinski definition) is 0. The summed E-state index contributed by atoms with van der Waals surface area (Å²) in [5, 5.41) is 0.963. The summed E-state index contributed by atoms with van der Waals surface area (Å²) in [6.07, 6.45) is 5.26. The molecule has 0 N–H and O–H groups in total. The third-order valence-corrected chi connectivity index (χ3v) is 9.02. The van der Waals surface area contributed by atoms with Gasteiger partial charge in [-0.25, -0.2) is 8.78 Å². The Labute approximate surface area is 247 Å². The summed E-state index contributed by atoms with van der Waals surface area (Å²) >= 11 is 0. The number of esters is 1. The number of benzene rings is 2. The van der Waals surface area contributed by atoms with Crippen molar-refractivity contribution in [2.75, 3.05) is 20.2 Å². The first-order valence-corrected chi connectivity index (χ1v) is 15.2. The molecule has 42 heavy (non-hydrogen) atoms. The number of pyridine rings is 1. The minimum atomic E-state index is -1.11. The van der Waals surface area contributed by atoms with Gasteiger partial charge in [-0.3, -0.25) is 14.7 Å². The second kappa shape index (κ2) is 12.6. The highest BCUT2D eigenvalue weighted by atomic mass is 19.1. The molecule has 2 aromatic carbocycles. The van der Waals surface area contributed by atoms with Gasteiger partial charge in [-0.05, 0) is 80.3 Å². The first-order valence-electron chi connectivity index (χ1n) is 15.2. The van der Waals surface area contributed by atoms with E-state index in [0.29, 0.717) is 25.1 Å². The third-order valence-electron chi connectivity index (χ3n) is 9.02. The van der Waals surface area contributed by atoms with Crippen molar-refractivity contribution >= 4 is 16.9 Å². The minimum absolute atomic E-state index is 0.127. The third kappa shape index (κ3) is 6.16. The molecule has 3 heterocycles. The smallest absolute Gasteiger partial charge is 0.313 e. The second-order valence-electron chi connectivity index (χ2n) is 11.9. The van der Waals surface area contributed by atoms with Gasteiger partial charge in [0.05, 0.1) is 30.8 Å². The molecule has 3 aromatic rings. The standard InChI is InChI=1S/C32H36F2N2O4.C2H6/c1-32(2)39-29(23-6-4-9-28-24(23)16-22(38-3)17-35-28)11-10-19-12-13-36(18-25(19)31(37)40-32)21-14-20(15-21)30-26(33)7-5-8-27(30)34;1-2/h4-9,16-17,19-21,25,29H,10-15,18H2,1-3H3;1-2H3. The molecule has 2 saturated heterocycles. The zero-order valence-corrected chi connectivity index (χ0v) is 25.2. The Morgan fingerprint density at radius 2 is 1.74 bits per heavy atom. The second-order valence-corrected chi connectivity index (χ2v) is 11.9. The molecule has 3 unspecified atom stereocenters. The number of methoxy groups -OCH3 is 1. The molecule has 226 valence electrons. The van der Waals surface area contributed by atoms with Crippen LogP contribution in [0.15, 0.2) is 48.7 Å². The molecule has 1 aliphatic carbocycles. The van der Waals surface area contributed by atoms with E-state index in [1.54, 1.807) is 27.2 Å². The first kappa shape index (κ1) is 30.4. The Bertz CT molecular complexity index is 1390. The van der Waals surface area contributed by atoms with Crippen LogP contribution < -0.4 is 4.74 Å². The van der Waals surface area contributed by atoms with Crippen LogP contribution in [0.1, 0.15) is 82.9 Å². The predicted octanol–water partition coefficient (Wildman–Crippen LogP) is 7.56. The predicted molar refractivity (Wildman–Crippen MR) is 158 cm³/mol. The Hall–Kier alpha value is -3.10. The highest BCUT2D eigenvalue weighted by Crippen LogP contribution is 2.45. The average molecular weight is 581 g/mol. The maximum absolute atomic E-state index is 14.3. The molecule has 0 amide bonds. The molecule has 0 bridgehead atoms. The van der Waals surface area contributed by atoms with Crippen LogP contribution in [0.4, 0.5) is 8.78 Å². The van der Waals surface area contributed by atoms with Crippen molar-refractivity contribution < 1.29 is 27.8 Å². The quantitative estimate of drug-likeness (QED) is 0.297. The van der Waals surface area contributed by atoms with Crippen LogP contribution in [-0.2, 0) is 14.3 Å². The Morgan fingerprint density at radius 3 is 2.45 bits per heavy atom. The van der Waals surface area contributed by atoms with Gasteiger partial charge in [-0.1, -0.05) is 32.0 Å². The van der Waals surface area contributed by atoms with Crippen LogP contribution in [0, 0.1) is 23.5 Å². The van der Waals surface area contributed by atoms with E-state index in [9.17, 15) is 13.6 Å². The van der Waals surface area contributed by atoms with E-state index in [2.05, 4.69) is 16.0 Å². The zero-order valence-electron chi connectivity index (χ0n) is 25.2. The van der Waals surface area contributed by atoms with Crippen molar-refractivity contribution in [2.45, 2.75) is 83.6 Å². The molecule has 0 radical (unpaired) electrons. The van der Waals surface area contributed by atoms with Crippen LogP contribution >= 0.6 is 0 Å². The normalized spacial score (nSPS) is 27.7. The summed E-state index contributed by atoms with van der Waals surface area (Å²) in [7, 11) is 1.62. The van der Waals surface area contributed by atoms with Crippen molar-refractivity contribution in [1.82, 2.24) is 9.88 Å². The molecule has 3 atom stereocenters.